The van der Waals surface area contributed by atoms with Crippen LogP contribution >= 0.6 is 0 Å². The van der Waals surface area contributed by atoms with Gasteiger partial charge in [-0.15, -0.1) is 0 Å². The van der Waals surface area contributed by atoms with E-state index in [0.717, 1.165) is 38.3 Å². The number of likely N-dealkylation sites (tertiary alicyclic amines) is 1. The van der Waals surface area contributed by atoms with E-state index in [1.807, 2.05) is 6.92 Å². The number of nitrogens with zero attached hydrogens (tertiary/aromatic N) is 2. The first kappa shape index (κ1) is 20.6. The van der Waals surface area contributed by atoms with Crippen LogP contribution in [0.4, 0.5) is 13.2 Å². The Morgan fingerprint density at radius 1 is 1.27 bits per heavy atom. The van der Waals surface area contributed by atoms with Crippen molar-refractivity contribution in [2.45, 2.75) is 39.4 Å². The maximum atomic E-state index is 12.8. The van der Waals surface area contributed by atoms with Gasteiger partial charge >= 0.3 is 6.18 Å². The van der Waals surface area contributed by atoms with Crippen molar-refractivity contribution in [3.63, 3.8) is 0 Å². The molecule has 2 rings (SSSR count). The van der Waals surface area contributed by atoms with Crippen molar-refractivity contribution in [3.05, 3.63) is 35.4 Å². The van der Waals surface area contributed by atoms with Crippen LogP contribution in [0.1, 0.15) is 37.8 Å². The van der Waals surface area contributed by atoms with Gasteiger partial charge in [0.2, 0.25) is 0 Å². The zero-order valence-electron chi connectivity index (χ0n) is 15.6. The number of nitrogens with one attached hydrogen (secondary N) is 2. The topological polar surface area (TPSA) is 39.7 Å². The van der Waals surface area contributed by atoms with Crippen LogP contribution in [-0.2, 0) is 12.7 Å². The lowest BCUT2D eigenvalue weighted by molar-refractivity contribution is -0.137. The van der Waals surface area contributed by atoms with Gasteiger partial charge in [-0.25, -0.2) is 4.99 Å². The van der Waals surface area contributed by atoms with Crippen LogP contribution < -0.4 is 10.6 Å². The molecule has 1 atom stereocenters. The smallest absolute Gasteiger partial charge is 0.357 e. The van der Waals surface area contributed by atoms with E-state index in [4.69, 9.17) is 0 Å². The molecular weight excluding hydrogens is 341 g/mol. The van der Waals surface area contributed by atoms with Gasteiger partial charge in [0.25, 0.3) is 0 Å². The Morgan fingerprint density at radius 3 is 2.77 bits per heavy atom. The van der Waals surface area contributed by atoms with E-state index in [1.54, 1.807) is 6.07 Å². The predicted octanol–water partition coefficient (Wildman–Crippen LogP) is 3.49. The van der Waals surface area contributed by atoms with E-state index in [9.17, 15) is 13.2 Å². The van der Waals surface area contributed by atoms with E-state index in [-0.39, 0.29) is 6.54 Å². The second-order valence-corrected chi connectivity index (χ2v) is 6.73. The summed E-state index contributed by atoms with van der Waals surface area (Å²) in [6.45, 7) is 9.28. The van der Waals surface area contributed by atoms with Gasteiger partial charge in [-0.05, 0) is 56.5 Å². The van der Waals surface area contributed by atoms with Crippen molar-refractivity contribution in [1.82, 2.24) is 15.5 Å². The third kappa shape index (κ3) is 6.52. The minimum absolute atomic E-state index is 0.214. The second kappa shape index (κ2) is 9.80. The fourth-order valence-electron chi connectivity index (χ4n) is 3.20. The van der Waals surface area contributed by atoms with Gasteiger partial charge in [-0.1, -0.05) is 19.1 Å². The standard InChI is InChI=1S/C19H29F3N4/c1-3-9-26-10-8-16(14-26)13-25-18(23-4-2)24-12-15-6-5-7-17(11-15)19(20,21)22/h5-7,11,16H,3-4,8-10,12-14H2,1-2H3,(H2,23,24,25). The summed E-state index contributed by atoms with van der Waals surface area (Å²) in [6, 6.07) is 5.34. The van der Waals surface area contributed by atoms with Crippen LogP contribution in [0.15, 0.2) is 29.3 Å². The number of benzene rings is 1. The summed E-state index contributed by atoms with van der Waals surface area (Å²) < 4.78 is 38.4. The highest BCUT2D eigenvalue weighted by Gasteiger charge is 2.30. The quantitative estimate of drug-likeness (QED) is 0.570. The van der Waals surface area contributed by atoms with Gasteiger partial charge in [-0.2, -0.15) is 13.2 Å². The Bertz CT molecular complexity index is 586. The molecule has 0 spiro atoms. The average molecular weight is 370 g/mol. The van der Waals surface area contributed by atoms with Crippen LogP contribution in [0, 0.1) is 5.92 Å². The number of aliphatic imine (C=N–C) groups is 1. The number of halogens is 3. The van der Waals surface area contributed by atoms with E-state index in [0.29, 0.717) is 24.0 Å². The molecule has 4 nitrogen and oxygen atoms in total. The summed E-state index contributed by atoms with van der Waals surface area (Å²) in [4.78, 5) is 6.91. The molecule has 1 aliphatic rings. The van der Waals surface area contributed by atoms with Crippen molar-refractivity contribution >= 4 is 5.96 Å². The Morgan fingerprint density at radius 2 is 2.08 bits per heavy atom. The van der Waals surface area contributed by atoms with Crippen molar-refractivity contribution in [1.29, 1.82) is 0 Å². The highest BCUT2D eigenvalue weighted by Crippen LogP contribution is 2.29. The predicted molar refractivity (Wildman–Crippen MR) is 99.1 cm³/mol. The van der Waals surface area contributed by atoms with E-state index >= 15 is 0 Å². The Balaban J connectivity index is 1.90. The monoisotopic (exact) mass is 370 g/mol. The highest BCUT2D eigenvalue weighted by atomic mass is 19.4. The van der Waals surface area contributed by atoms with Gasteiger partial charge in [0, 0.05) is 19.6 Å². The van der Waals surface area contributed by atoms with Crippen LogP contribution in [0.25, 0.3) is 0 Å². The van der Waals surface area contributed by atoms with Gasteiger partial charge in [0.1, 0.15) is 0 Å². The first-order valence-electron chi connectivity index (χ1n) is 9.33. The minimum atomic E-state index is -4.32. The third-order valence-corrected chi connectivity index (χ3v) is 4.49. The molecule has 2 N–H and O–H groups in total. The molecule has 7 heteroatoms. The summed E-state index contributed by atoms with van der Waals surface area (Å²) in [5.41, 5.74) is -0.0860. The van der Waals surface area contributed by atoms with Gasteiger partial charge in [0.05, 0.1) is 12.1 Å². The molecule has 1 unspecified atom stereocenters. The normalized spacial score (nSPS) is 19.0. The first-order valence-corrected chi connectivity index (χ1v) is 9.33. The summed E-state index contributed by atoms with van der Waals surface area (Å²) in [7, 11) is 0. The molecule has 0 amide bonds. The van der Waals surface area contributed by atoms with E-state index < -0.39 is 11.7 Å². The lowest BCUT2D eigenvalue weighted by atomic mass is 10.1. The molecule has 0 aromatic heterocycles. The summed E-state index contributed by atoms with van der Waals surface area (Å²) in [5.74, 6) is 1.23. The maximum absolute atomic E-state index is 12.8. The highest BCUT2D eigenvalue weighted by molar-refractivity contribution is 5.79. The fraction of sp³-hybridized carbons (Fsp3) is 0.632. The molecule has 0 bridgehead atoms. The molecule has 1 aromatic rings. The fourth-order valence-corrected chi connectivity index (χ4v) is 3.20. The summed E-state index contributed by atoms with van der Waals surface area (Å²) in [5, 5.41) is 6.49. The SMILES string of the molecule is CCCN1CCC(CNC(=NCc2cccc(C(F)(F)F)c2)NCC)C1. The zero-order chi connectivity index (χ0) is 19.0. The Hall–Kier alpha value is -1.76. The van der Waals surface area contributed by atoms with E-state index in [1.165, 1.54) is 18.9 Å². The van der Waals surface area contributed by atoms with Crippen LogP contribution in [-0.4, -0.2) is 43.6 Å². The number of hydrogen-bond donors (Lipinski definition) is 2. The summed E-state index contributed by atoms with van der Waals surface area (Å²) >= 11 is 0. The van der Waals surface area contributed by atoms with Crippen molar-refractivity contribution in [2.24, 2.45) is 10.9 Å². The number of guanidine groups is 1. The molecule has 0 aliphatic carbocycles. The van der Waals surface area contributed by atoms with E-state index in [2.05, 4.69) is 27.4 Å². The van der Waals surface area contributed by atoms with Gasteiger partial charge < -0.3 is 15.5 Å². The lowest BCUT2D eigenvalue weighted by Gasteiger charge is -2.17. The number of hydrogen-bond acceptors (Lipinski definition) is 2. The molecule has 26 heavy (non-hydrogen) atoms. The van der Waals surface area contributed by atoms with Crippen molar-refractivity contribution in [3.8, 4) is 0 Å². The summed E-state index contributed by atoms with van der Waals surface area (Å²) in [6.07, 6.45) is -1.99. The molecule has 1 aliphatic heterocycles. The van der Waals surface area contributed by atoms with Crippen molar-refractivity contribution in [2.75, 3.05) is 32.7 Å². The molecule has 1 saturated heterocycles. The Kier molecular flexibility index (Phi) is 7.75. The molecule has 146 valence electrons. The molecule has 1 aromatic carbocycles. The largest absolute Gasteiger partial charge is 0.416 e. The lowest BCUT2D eigenvalue weighted by Crippen LogP contribution is -2.40. The van der Waals surface area contributed by atoms with Crippen LogP contribution in [0.2, 0.25) is 0 Å². The zero-order valence-corrected chi connectivity index (χ0v) is 15.6. The molecular formula is C19H29F3N4. The van der Waals surface area contributed by atoms with Crippen LogP contribution in [0.5, 0.6) is 0 Å². The molecule has 0 radical (unpaired) electrons. The molecule has 1 fully saturated rings. The van der Waals surface area contributed by atoms with Gasteiger partial charge in [-0.3, -0.25) is 0 Å². The van der Waals surface area contributed by atoms with Gasteiger partial charge in [0.15, 0.2) is 5.96 Å². The van der Waals surface area contributed by atoms with Crippen LogP contribution in [0.3, 0.4) is 0 Å². The number of alkyl halides is 3. The molecule has 1 heterocycles. The third-order valence-electron chi connectivity index (χ3n) is 4.49. The molecule has 0 saturated carbocycles. The second-order valence-electron chi connectivity index (χ2n) is 6.73. The van der Waals surface area contributed by atoms with Crippen molar-refractivity contribution < 1.29 is 13.2 Å². The maximum Gasteiger partial charge on any atom is 0.416 e. The average Bonchev–Trinajstić information content (AvgIpc) is 3.05. The number of rotatable bonds is 7. The minimum Gasteiger partial charge on any atom is -0.357 e. The first-order chi connectivity index (χ1) is 12.4. The Labute approximate surface area is 153 Å².